The van der Waals surface area contributed by atoms with Crippen LogP contribution in [0.1, 0.15) is 11.1 Å². The maximum atomic E-state index is 12.8. The number of hydrogen-bond donors (Lipinski definition) is 0. The third kappa shape index (κ3) is 1.76. The average Bonchev–Trinajstić information content (AvgIpc) is 2.85. The van der Waals surface area contributed by atoms with Crippen molar-refractivity contribution in [3.05, 3.63) is 63.9 Å². The van der Waals surface area contributed by atoms with Crippen LogP contribution in [0.5, 0.6) is 0 Å². The van der Waals surface area contributed by atoms with Crippen LogP contribution in [-0.2, 0) is 12.7 Å². The van der Waals surface area contributed by atoms with Crippen LogP contribution < -0.4 is 5.56 Å². The van der Waals surface area contributed by atoms with Gasteiger partial charge >= 0.3 is 6.18 Å². The van der Waals surface area contributed by atoms with E-state index >= 15 is 0 Å². The number of hydrogen-bond acceptors (Lipinski definition) is 2. The molecule has 0 spiro atoms. The second-order valence-electron chi connectivity index (χ2n) is 5.21. The van der Waals surface area contributed by atoms with E-state index in [-0.39, 0.29) is 16.5 Å². The predicted octanol–water partition coefficient (Wildman–Crippen LogP) is 3.44. The zero-order valence-corrected chi connectivity index (χ0v) is 11.2. The summed E-state index contributed by atoms with van der Waals surface area (Å²) >= 11 is 0. The van der Waals surface area contributed by atoms with Crippen molar-refractivity contribution in [1.82, 2.24) is 9.55 Å². The van der Waals surface area contributed by atoms with Crippen molar-refractivity contribution in [2.45, 2.75) is 12.7 Å². The smallest absolute Gasteiger partial charge is 0.288 e. The molecular weight excluding hydrogens is 293 g/mol. The Bertz CT molecular complexity index is 973. The Morgan fingerprint density at radius 2 is 1.86 bits per heavy atom. The molecule has 0 saturated heterocycles. The molecule has 22 heavy (non-hydrogen) atoms. The maximum absolute atomic E-state index is 12.8. The Hall–Kier alpha value is -2.63. The maximum Gasteiger partial charge on any atom is 0.416 e. The first-order valence-corrected chi connectivity index (χ1v) is 6.65. The molecule has 0 aliphatic carbocycles. The van der Waals surface area contributed by atoms with Crippen molar-refractivity contribution in [2.75, 3.05) is 0 Å². The zero-order valence-electron chi connectivity index (χ0n) is 11.2. The van der Waals surface area contributed by atoms with Crippen LogP contribution >= 0.6 is 0 Å². The van der Waals surface area contributed by atoms with Gasteiger partial charge in [-0.1, -0.05) is 24.3 Å². The third-order valence-corrected chi connectivity index (χ3v) is 3.87. The van der Waals surface area contributed by atoms with Crippen LogP contribution in [-0.4, -0.2) is 9.55 Å². The summed E-state index contributed by atoms with van der Waals surface area (Å²) in [6, 6.07) is 10.4. The summed E-state index contributed by atoms with van der Waals surface area (Å²) in [5.74, 6) is 0.424. The molecule has 3 nitrogen and oxygen atoms in total. The van der Waals surface area contributed by atoms with Crippen LogP contribution in [0.15, 0.2) is 47.3 Å². The van der Waals surface area contributed by atoms with E-state index in [0.29, 0.717) is 12.4 Å². The molecule has 110 valence electrons. The van der Waals surface area contributed by atoms with Gasteiger partial charge < -0.3 is 0 Å². The van der Waals surface area contributed by atoms with Gasteiger partial charge in [-0.15, -0.1) is 0 Å². The van der Waals surface area contributed by atoms with Gasteiger partial charge in [0, 0.05) is 5.56 Å². The second-order valence-corrected chi connectivity index (χ2v) is 5.21. The highest BCUT2D eigenvalue weighted by atomic mass is 19.4. The highest BCUT2D eigenvalue weighted by Crippen LogP contribution is 2.33. The lowest BCUT2D eigenvalue weighted by molar-refractivity contribution is -0.137. The van der Waals surface area contributed by atoms with E-state index in [9.17, 15) is 18.0 Å². The Morgan fingerprint density at radius 3 is 2.64 bits per heavy atom. The third-order valence-electron chi connectivity index (χ3n) is 3.87. The highest BCUT2D eigenvalue weighted by molar-refractivity contribution is 5.81. The van der Waals surface area contributed by atoms with Gasteiger partial charge in [0.05, 0.1) is 23.0 Å². The topological polar surface area (TPSA) is 34.9 Å². The van der Waals surface area contributed by atoms with Crippen molar-refractivity contribution in [2.24, 2.45) is 0 Å². The Morgan fingerprint density at radius 1 is 1.09 bits per heavy atom. The average molecular weight is 302 g/mol. The van der Waals surface area contributed by atoms with Crippen LogP contribution in [0.2, 0.25) is 0 Å². The van der Waals surface area contributed by atoms with Crippen LogP contribution in [0.3, 0.4) is 0 Å². The molecular formula is C16H9F3N2O. The van der Waals surface area contributed by atoms with Crippen LogP contribution in [0.4, 0.5) is 13.2 Å². The Labute approximate surface area is 122 Å². The lowest BCUT2D eigenvalue weighted by Gasteiger charge is -2.09. The molecule has 0 bridgehead atoms. The number of halogens is 3. The molecule has 2 aromatic carbocycles. The lowest BCUT2D eigenvalue weighted by Crippen LogP contribution is -2.20. The fraction of sp³-hybridized carbons (Fsp3) is 0.125. The molecule has 1 aromatic heterocycles. The summed E-state index contributed by atoms with van der Waals surface area (Å²) < 4.78 is 40.0. The number of benzene rings is 2. The Kier molecular flexibility index (Phi) is 2.49. The van der Waals surface area contributed by atoms with Crippen molar-refractivity contribution in [1.29, 1.82) is 0 Å². The van der Waals surface area contributed by atoms with Gasteiger partial charge in [-0.3, -0.25) is 9.36 Å². The van der Waals surface area contributed by atoms with E-state index < -0.39 is 11.7 Å². The van der Waals surface area contributed by atoms with Crippen molar-refractivity contribution in [3.63, 3.8) is 0 Å². The van der Waals surface area contributed by atoms with Gasteiger partial charge in [-0.05, 0) is 23.8 Å². The number of aromatic nitrogens is 2. The molecule has 1 aliphatic heterocycles. The first-order chi connectivity index (χ1) is 10.4. The molecule has 0 saturated carbocycles. The van der Waals surface area contributed by atoms with Crippen molar-refractivity contribution < 1.29 is 13.2 Å². The molecule has 2 heterocycles. The van der Waals surface area contributed by atoms with Crippen LogP contribution in [0, 0.1) is 0 Å². The number of nitrogens with zero attached hydrogens (tertiary/aromatic N) is 2. The minimum atomic E-state index is -4.46. The number of rotatable bonds is 0. The fourth-order valence-electron chi connectivity index (χ4n) is 2.80. The van der Waals surface area contributed by atoms with Crippen LogP contribution in [0.25, 0.3) is 22.3 Å². The van der Waals surface area contributed by atoms with E-state index in [1.54, 1.807) is 0 Å². The van der Waals surface area contributed by atoms with Gasteiger partial charge in [-0.25, -0.2) is 4.98 Å². The minimum absolute atomic E-state index is 0.0720. The molecule has 0 fully saturated rings. The standard InChI is InChI=1S/C16H9F3N2O/c17-16(18,19)10-5-6-12-13(7-10)20-14-11-4-2-1-3-9(11)8-21(14)15(12)22/h1-7H,8H2. The quantitative estimate of drug-likeness (QED) is 0.499. The van der Waals surface area contributed by atoms with E-state index in [2.05, 4.69) is 4.98 Å². The fourth-order valence-corrected chi connectivity index (χ4v) is 2.80. The van der Waals surface area contributed by atoms with Gasteiger partial charge in [0.2, 0.25) is 0 Å². The lowest BCUT2D eigenvalue weighted by atomic mass is 10.1. The molecule has 4 rings (SSSR count). The highest BCUT2D eigenvalue weighted by Gasteiger charge is 2.31. The minimum Gasteiger partial charge on any atom is -0.288 e. The molecule has 0 unspecified atom stereocenters. The summed E-state index contributed by atoms with van der Waals surface area (Å²) in [6.45, 7) is 0.397. The van der Waals surface area contributed by atoms with Crippen molar-refractivity contribution in [3.8, 4) is 11.4 Å². The largest absolute Gasteiger partial charge is 0.416 e. The molecule has 1 aliphatic rings. The summed E-state index contributed by atoms with van der Waals surface area (Å²) in [5.41, 5.74) is 0.688. The normalized spacial score (nSPS) is 13.2. The second kappa shape index (κ2) is 4.19. The predicted molar refractivity (Wildman–Crippen MR) is 75.5 cm³/mol. The first-order valence-electron chi connectivity index (χ1n) is 6.65. The van der Waals surface area contributed by atoms with E-state index in [1.807, 2.05) is 24.3 Å². The summed E-state index contributed by atoms with van der Waals surface area (Å²) in [7, 11) is 0. The molecule has 0 N–H and O–H groups in total. The van der Waals surface area contributed by atoms with Crippen molar-refractivity contribution >= 4 is 10.9 Å². The van der Waals surface area contributed by atoms with Gasteiger partial charge in [-0.2, -0.15) is 13.2 Å². The summed E-state index contributed by atoms with van der Waals surface area (Å²) in [5, 5.41) is 0.199. The molecule has 3 aromatic rings. The first kappa shape index (κ1) is 13.1. The van der Waals surface area contributed by atoms with Gasteiger partial charge in [0.15, 0.2) is 0 Å². The van der Waals surface area contributed by atoms with E-state index in [4.69, 9.17) is 0 Å². The molecule has 6 heteroatoms. The number of fused-ring (bicyclic) bond motifs is 4. The number of alkyl halides is 3. The molecule has 0 radical (unpaired) electrons. The Balaban J connectivity index is 2.04. The summed E-state index contributed by atoms with van der Waals surface area (Å²) in [6.07, 6.45) is -4.46. The molecule has 0 amide bonds. The SMILES string of the molecule is O=c1c2ccc(C(F)(F)F)cc2nc2n1Cc1ccccc1-2. The zero-order chi connectivity index (χ0) is 15.5. The van der Waals surface area contributed by atoms with Gasteiger partial charge in [0.25, 0.3) is 5.56 Å². The summed E-state index contributed by atoms with van der Waals surface area (Å²) in [4.78, 5) is 16.8. The van der Waals surface area contributed by atoms with Gasteiger partial charge in [0.1, 0.15) is 5.82 Å². The monoisotopic (exact) mass is 302 g/mol. The van der Waals surface area contributed by atoms with E-state index in [1.165, 1.54) is 10.6 Å². The van der Waals surface area contributed by atoms with E-state index in [0.717, 1.165) is 23.3 Å². The molecule has 0 atom stereocenters.